The summed E-state index contributed by atoms with van der Waals surface area (Å²) in [5, 5.41) is 2.88. The molecule has 168 valence electrons. The SMILES string of the molecule is CC1CCC2(CC1)NC(=O)N(CC(=O)N(C)Cc1ccc(N3CCCCC3)cc1)C2=O. The van der Waals surface area contributed by atoms with Crippen LogP contribution in [0.1, 0.15) is 57.4 Å². The zero-order chi connectivity index (χ0) is 22.0. The zero-order valence-electron chi connectivity index (χ0n) is 18.7. The predicted molar refractivity (Wildman–Crippen MR) is 120 cm³/mol. The van der Waals surface area contributed by atoms with E-state index in [1.807, 2.05) is 0 Å². The summed E-state index contributed by atoms with van der Waals surface area (Å²) in [7, 11) is 1.72. The van der Waals surface area contributed by atoms with Gasteiger partial charge >= 0.3 is 6.03 Å². The van der Waals surface area contributed by atoms with Gasteiger partial charge in [-0.3, -0.25) is 14.5 Å². The molecule has 0 atom stereocenters. The van der Waals surface area contributed by atoms with E-state index in [4.69, 9.17) is 0 Å². The average Bonchev–Trinajstić information content (AvgIpc) is 3.01. The van der Waals surface area contributed by atoms with Crippen LogP contribution in [0.3, 0.4) is 0 Å². The zero-order valence-corrected chi connectivity index (χ0v) is 18.7. The van der Waals surface area contributed by atoms with Gasteiger partial charge in [0.1, 0.15) is 12.1 Å². The minimum Gasteiger partial charge on any atom is -0.372 e. The number of piperidine rings is 1. The molecular formula is C24H34N4O3. The van der Waals surface area contributed by atoms with Gasteiger partial charge in [-0.25, -0.2) is 4.79 Å². The first kappa shape index (κ1) is 21.7. The molecule has 7 heteroatoms. The maximum absolute atomic E-state index is 13.0. The number of amides is 4. The molecular weight excluding hydrogens is 392 g/mol. The van der Waals surface area contributed by atoms with E-state index in [0.717, 1.165) is 36.4 Å². The molecule has 1 aromatic rings. The van der Waals surface area contributed by atoms with Crippen molar-refractivity contribution >= 4 is 23.5 Å². The van der Waals surface area contributed by atoms with Gasteiger partial charge in [0.15, 0.2) is 0 Å². The van der Waals surface area contributed by atoms with Crippen molar-refractivity contribution in [3.05, 3.63) is 29.8 Å². The van der Waals surface area contributed by atoms with Gasteiger partial charge in [0.25, 0.3) is 5.91 Å². The second kappa shape index (κ2) is 8.89. The molecule has 0 unspecified atom stereocenters. The molecule has 3 fully saturated rings. The van der Waals surface area contributed by atoms with Crippen LogP contribution in [-0.4, -0.2) is 59.9 Å². The molecule has 1 N–H and O–H groups in total. The monoisotopic (exact) mass is 426 g/mol. The number of likely N-dealkylation sites (N-methyl/N-ethyl adjacent to an activating group) is 1. The fourth-order valence-electron chi connectivity index (χ4n) is 5.00. The van der Waals surface area contributed by atoms with Crippen molar-refractivity contribution in [2.45, 2.75) is 64.0 Å². The number of anilines is 1. The fourth-order valence-corrected chi connectivity index (χ4v) is 5.00. The summed E-state index contributed by atoms with van der Waals surface area (Å²) in [4.78, 5) is 43.3. The molecule has 0 bridgehead atoms. The van der Waals surface area contributed by atoms with Crippen LogP contribution in [0.15, 0.2) is 24.3 Å². The molecule has 1 spiro atoms. The van der Waals surface area contributed by atoms with Crippen molar-refractivity contribution in [1.29, 1.82) is 0 Å². The number of nitrogens with zero attached hydrogens (tertiary/aromatic N) is 3. The van der Waals surface area contributed by atoms with Crippen molar-refractivity contribution in [3.8, 4) is 0 Å². The summed E-state index contributed by atoms with van der Waals surface area (Å²) in [5.41, 5.74) is 1.46. The first-order chi connectivity index (χ1) is 14.9. The lowest BCUT2D eigenvalue weighted by atomic mass is 9.77. The molecule has 2 saturated heterocycles. The second-order valence-electron chi connectivity index (χ2n) is 9.55. The van der Waals surface area contributed by atoms with E-state index in [1.165, 1.54) is 24.9 Å². The summed E-state index contributed by atoms with van der Waals surface area (Å²) in [6.07, 6.45) is 6.93. The number of carbonyl (C=O) groups is 3. The fraction of sp³-hybridized carbons (Fsp3) is 0.625. The lowest BCUT2D eigenvalue weighted by Crippen LogP contribution is -2.50. The first-order valence-corrected chi connectivity index (χ1v) is 11.6. The van der Waals surface area contributed by atoms with Crippen LogP contribution in [0, 0.1) is 5.92 Å². The third kappa shape index (κ3) is 4.55. The standard InChI is InChI=1S/C24H34N4O3/c1-18-10-12-24(13-11-18)22(30)28(23(31)25-24)17-21(29)26(2)16-19-6-8-20(9-7-19)27-14-4-3-5-15-27/h6-9,18H,3-5,10-17H2,1-2H3,(H,25,31). The van der Waals surface area contributed by atoms with E-state index < -0.39 is 11.6 Å². The molecule has 31 heavy (non-hydrogen) atoms. The Morgan fingerprint density at radius 2 is 1.74 bits per heavy atom. The normalized spacial score (nSPS) is 26.3. The van der Waals surface area contributed by atoms with Crippen molar-refractivity contribution in [1.82, 2.24) is 15.1 Å². The van der Waals surface area contributed by atoms with E-state index in [0.29, 0.717) is 25.3 Å². The number of hydrogen-bond acceptors (Lipinski definition) is 4. The Bertz CT molecular complexity index is 824. The van der Waals surface area contributed by atoms with E-state index in [2.05, 4.69) is 41.4 Å². The summed E-state index contributed by atoms with van der Waals surface area (Å²) < 4.78 is 0. The van der Waals surface area contributed by atoms with E-state index >= 15 is 0 Å². The van der Waals surface area contributed by atoms with Crippen molar-refractivity contribution < 1.29 is 14.4 Å². The highest BCUT2D eigenvalue weighted by molar-refractivity contribution is 6.09. The molecule has 2 aliphatic heterocycles. The smallest absolute Gasteiger partial charge is 0.325 e. The molecule has 7 nitrogen and oxygen atoms in total. The Hall–Kier alpha value is -2.57. The van der Waals surface area contributed by atoms with Crippen molar-refractivity contribution in [3.63, 3.8) is 0 Å². The topological polar surface area (TPSA) is 73.0 Å². The van der Waals surface area contributed by atoms with Crippen molar-refractivity contribution in [2.24, 2.45) is 5.92 Å². The first-order valence-electron chi connectivity index (χ1n) is 11.6. The number of rotatable bonds is 5. The summed E-state index contributed by atoms with van der Waals surface area (Å²) in [6.45, 7) is 4.62. The Morgan fingerprint density at radius 3 is 2.39 bits per heavy atom. The number of hydrogen-bond donors (Lipinski definition) is 1. The number of nitrogens with one attached hydrogen (secondary N) is 1. The number of carbonyl (C=O) groups excluding carboxylic acids is 3. The number of benzene rings is 1. The number of urea groups is 1. The summed E-state index contributed by atoms with van der Waals surface area (Å²) in [5.74, 6) is 0.0975. The van der Waals surface area contributed by atoms with E-state index in [9.17, 15) is 14.4 Å². The highest BCUT2D eigenvalue weighted by Crippen LogP contribution is 2.36. The number of imide groups is 1. The van der Waals surface area contributed by atoms with Crippen LogP contribution in [-0.2, 0) is 16.1 Å². The van der Waals surface area contributed by atoms with Gasteiger partial charge in [-0.2, -0.15) is 0 Å². The molecule has 2 heterocycles. The van der Waals surface area contributed by atoms with E-state index in [1.54, 1.807) is 11.9 Å². The molecule has 0 aromatic heterocycles. The van der Waals surface area contributed by atoms with Gasteiger partial charge < -0.3 is 15.1 Å². The average molecular weight is 427 g/mol. The van der Waals surface area contributed by atoms with Gasteiger partial charge in [-0.05, 0) is 68.6 Å². The van der Waals surface area contributed by atoms with Crippen molar-refractivity contribution in [2.75, 3.05) is 31.6 Å². The predicted octanol–water partition coefficient (Wildman–Crippen LogP) is 3.14. The van der Waals surface area contributed by atoms with E-state index in [-0.39, 0.29) is 18.4 Å². The Labute approximate surface area is 184 Å². The van der Waals surface area contributed by atoms with Gasteiger partial charge in [-0.1, -0.05) is 19.1 Å². The molecule has 0 radical (unpaired) electrons. The highest BCUT2D eigenvalue weighted by Gasteiger charge is 2.52. The lowest BCUT2D eigenvalue weighted by molar-refractivity contribution is -0.139. The molecule has 4 rings (SSSR count). The highest BCUT2D eigenvalue weighted by atomic mass is 16.2. The maximum Gasteiger partial charge on any atom is 0.325 e. The minimum absolute atomic E-state index is 0.204. The van der Waals surface area contributed by atoms with Gasteiger partial charge in [-0.15, -0.1) is 0 Å². The van der Waals surface area contributed by atoms with Gasteiger partial charge in [0.05, 0.1) is 0 Å². The largest absolute Gasteiger partial charge is 0.372 e. The molecule has 3 aliphatic rings. The lowest BCUT2D eigenvalue weighted by Gasteiger charge is -2.33. The third-order valence-electron chi connectivity index (χ3n) is 7.17. The Kier molecular flexibility index (Phi) is 6.21. The minimum atomic E-state index is -0.799. The van der Waals surface area contributed by atoms with Gasteiger partial charge in [0.2, 0.25) is 5.91 Å². The van der Waals surface area contributed by atoms with Crippen LogP contribution < -0.4 is 10.2 Å². The quantitative estimate of drug-likeness (QED) is 0.734. The summed E-state index contributed by atoms with van der Waals surface area (Å²) >= 11 is 0. The van der Waals surface area contributed by atoms with Crippen LogP contribution in [0.5, 0.6) is 0 Å². The molecule has 4 amide bonds. The maximum atomic E-state index is 13.0. The van der Waals surface area contributed by atoms with Crippen LogP contribution in [0.25, 0.3) is 0 Å². The third-order valence-corrected chi connectivity index (χ3v) is 7.17. The molecule has 1 saturated carbocycles. The van der Waals surface area contributed by atoms with Crippen LogP contribution >= 0.6 is 0 Å². The second-order valence-corrected chi connectivity index (χ2v) is 9.55. The molecule has 1 aliphatic carbocycles. The van der Waals surface area contributed by atoms with Gasteiger partial charge in [0, 0.05) is 32.4 Å². The van der Waals surface area contributed by atoms with Crippen LogP contribution in [0.4, 0.5) is 10.5 Å². The summed E-state index contributed by atoms with van der Waals surface area (Å²) in [6, 6.07) is 7.90. The molecule has 1 aromatic carbocycles. The van der Waals surface area contributed by atoms with Crippen LogP contribution in [0.2, 0.25) is 0 Å². The Morgan fingerprint density at radius 1 is 1.10 bits per heavy atom. The Balaban J connectivity index is 1.33.